The summed E-state index contributed by atoms with van der Waals surface area (Å²) in [5, 5.41) is 5.73. The van der Waals surface area contributed by atoms with Crippen molar-refractivity contribution in [2.75, 3.05) is 25.0 Å². The topological polar surface area (TPSA) is 61.4 Å². The first-order valence-electron chi connectivity index (χ1n) is 10.2. The molecule has 2 N–H and O–H groups in total. The number of benzene rings is 2. The number of rotatable bonds is 5. The first kappa shape index (κ1) is 20.8. The normalized spacial score (nSPS) is 14.5. The Kier molecular flexibility index (Phi) is 6.86. The molecule has 2 aromatic rings. The molecule has 1 aliphatic heterocycles. The SMILES string of the molecule is CCNC(=O)c1ccc(NC(=O)N2CCC(Cc3cccc(F)c3)CC2)c(C)c1. The van der Waals surface area contributed by atoms with Gasteiger partial charge in [0.2, 0.25) is 0 Å². The van der Waals surface area contributed by atoms with Crippen LogP contribution in [0.4, 0.5) is 14.9 Å². The van der Waals surface area contributed by atoms with Crippen molar-refractivity contribution in [1.29, 1.82) is 0 Å². The largest absolute Gasteiger partial charge is 0.352 e. The number of likely N-dealkylation sites (tertiary alicyclic amines) is 1. The highest BCUT2D eigenvalue weighted by Gasteiger charge is 2.23. The van der Waals surface area contributed by atoms with Gasteiger partial charge in [0.1, 0.15) is 5.82 Å². The monoisotopic (exact) mass is 397 g/mol. The average Bonchev–Trinajstić information content (AvgIpc) is 2.70. The Hall–Kier alpha value is -2.89. The van der Waals surface area contributed by atoms with Gasteiger partial charge >= 0.3 is 6.03 Å². The maximum absolute atomic E-state index is 13.4. The molecule has 1 fully saturated rings. The minimum atomic E-state index is -0.201. The predicted octanol–water partition coefficient (Wildman–Crippen LogP) is 4.37. The van der Waals surface area contributed by atoms with Gasteiger partial charge in [-0.25, -0.2) is 9.18 Å². The van der Waals surface area contributed by atoms with Crippen LogP contribution in [-0.2, 0) is 6.42 Å². The smallest absolute Gasteiger partial charge is 0.321 e. The lowest BCUT2D eigenvalue weighted by atomic mass is 9.90. The molecule has 154 valence electrons. The van der Waals surface area contributed by atoms with E-state index in [9.17, 15) is 14.0 Å². The van der Waals surface area contributed by atoms with Crippen molar-refractivity contribution in [2.45, 2.75) is 33.1 Å². The summed E-state index contributed by atoms with van der Waals surface area (Å²) >= 11 is 0. The van der Waals surface area contributed by atoms with E-state index >= 15 is 0 Å². The van der Waals surface area contributed by atoms with Crippen molar-refractivity contribution in [1.82, 2.24) is 10.2 Å². The minimum absolute atomic E-state index is 0.117. The van der Waals surface area contributed by atoms with E-state index in [1.165, 1.54) is 6.07 Å². The molecule has 0 radical (unpaired) electrons. The van der Waals surface area contributed by atoms with Crippen LogP contribution in [0, 0.1) is 18.7 Å². The van der Waals surface area contributed by atoms with E-state index < -0.39 is 0 Å². The van der Waals surface area contributed by atoms with E-state index in [1.54, 1.807) is 30.3 Å². The lowest BCUT2D eigenvalue weighted by Gasteiger charge is -2.32. The number of aryl methyl sites for hydroxylation is 1. The summed E-state index contributed by atoms with van der Waals surface area (Å²) in [4.78, 5) is 26.4. The van der Waals surface area contributed by atoms with Crippen molar-refractivity contribution in [2.24, 2.45) is 5.92 Å². The fraction of sp³-hybridized carbons (Fsp3) is 0.391. The number of carbonyl (C=O) groups excluding carboxylic acids is 2. The maximum Gasteiger partial charge on any atom is 0.321 e. The first-order valence-corrected chi connectivity index (χ1v) is 10.2. The molecule has 1 aliphatic rings. The zero-order chi connectivity index (χ0) is 20.8. The van der Waals surface area contributed by atoms with Gasteiger partial charge in [0.05, 0.1) is 0 Å². The Labute approximate surface area is 171 Å². The molecule has 5 nitrogen and oxygen atoms in total. The maximum atomic E-state index is 13.4. The van der Waals surface area contributed by atoms with E-state index in [0.717, 1.165) is 30.4 Å². The number of nitrogens with one attached hydrogen (secondary N) is 2. The Balaban J connectivity index is 1.52. The van der Waals surface area contributed by atoms with Crippen LogP contribution in [0.2, 0.25) is 0 Å². The summed E-state index contributed by atoms with van der Waals surface area (Å²) in [7, 11) is 0. The number of nitrogens with zero attached hydrogens (tertiary/aromatic N) is 1. The second-order valence-corrected chi connectivity index (χ2v) is 7.58. The summed E-state index contributed by atoms with van der Waals surface area (Å²) in [6, 6.07) is 11.9. The molecular formula is C23H28FN3O2. The quantitative estimate of drug-likeness (QED) is 0.787. The summed E-state index contributed by atoms with van der Waals surface area (Å²) in [5.74, 6) is 0.140. The van der Waals surface area contributed by atoms with Crippen molar-refractivity contribution < 1.29 is 14.0 Å². The van der Waals surface area contributed by atoms with Crippen molar-refractivity contribution in [3.05, 3.63) is 65.0 Å². The Morgan fingerprint density at radius 2 is 1.90 bits per heavy atom. The molecule has 0 bridgehead atoms. The second-order valence-electron chi connectivity index (χ2n) is 7.58. The van der Waals surface area contributed by atoms with E-state index in [4.69, 9.17) is 0 Å². The van der Waals surface area contributed by atoms with Crippen LogP contribution in [0.3, 0.4) is 0 Å². The van der Waals surface area contributed by atoms with Crippen molar-refractivity contribution >= 4 is 17.6 Å². The van der Waals surface area contributed by atoms with E-state index in [2.05, 4.69) is 10.6 Å². The summed E-state index contributed by atoms with van der Waals surface area (Å²) in [5.41, 5.74) is 3.16. The molecule has 0 atom stereocenters. The summed E-state index contributed by atoms with van der Waals surface area (Å²) < 4.78 is 13.4. The van der Waals surface area contributed by atoms with Gasteiger partial charge in [-0.05, 0) is 80.5 Å². The van der Waals surface area contributed by atoms with Crippen LogP contribution in [0.1, 0.15) is 41.3 Å². The number of urea groups is 1. The first-order chi connectivity index (χ1) is 14.0. The molecule has 0 spiro atoms. The third-order valence-corrected chi connectivity index (χ3v) is 5.38. The van der Waals surface area contributed by atoms with Gasteiger partial charge in [-0.1, -0.05) is 12.1 Å². The number of hydrogen-bond acceptors (Lipinski definition) is 2. The highest BCUT2D eigenvalue weighted by molar-refractivity contribution is 5.96. The molecule has 1 saturated heterocycles. The van der Waals surface area contributed by atoms with E-state index in [0.29, 0.717) is 36.8 Å². The predicted molar refractivity (Wildman–Crippen MR) is 113 cm³/mol. The van der Waals surface area contributed by atoms with Crippen LogP contribution < -0.4 is 10.6 Å². The van der Waals surface area contributed by atoms with Gasteiger partial charge in [-0.3, -0.25) is 4.79 Å². The molecule has 2 aromatic carbocycles. The molecule has 0 aliphatic carbocycles. The molecule has 6 heteroatoms. The second kappa shape index (κ2) is 9.54. The van der Waals surface area contributed by atoms with Crippen LogP contribution >= 0.6 is 0 Å². The number of amides is 3. The lowest BCUT2D eigenvalue weighted by Crippen LogP contribution is -2.41. The fourth-order valence-electron chi connectivity index (χ4n) is 3.74. The highest BCUT2D eigenvalue weighted by Crippen LogP contribution is 2.23. The standard InChI is InChI=1S/C23H28FN3O2/c1-3-25-22(28)19-7-8-21(16(2)13-19)26-23(29)27-11-9-17(10-12-27)14-18-5-4-6-20(24)15-18/h4-8,13,15,17H,3,9-12,14H2,1-2H3,(H,25,28)(H,26,29). The van der Waals surface area contributed by atoms with Gasteiger partial charge in [0.15, 0.2) is 0 Å². The van der Waals surface area contributed by atoms with Crippen LogP contribution in [-0.4, -0.2) is 36.5 Å². The molecule has 1 heterocycles. The van der Waals surface area contributed by atoms with Gasteiger partial charge in [-0.2, -0.15) is 0 Å². The number of carbonyl (C=O) groups is 2. The fourth-order valence-corrected chi connectivity index (χ4v) is 3.74. The zero-order valence-electron chi connectivity index (χ0n) is 17.0. The Morgan fingerprint density at radius 1 is 1.14 bits per heavy atom. The van der Waals surface area contributed by atoms with Gasteiger partial charge in [-0.15, -0.1) is 0 Å². The Morgan fingerprint density at radius 3 is 2.55 bits per heavy atom. The molecule has 29 heavy (non-hydrogen) atoms. The average molecular weight is 397 g/mol. The Bertz CT molecular complexity index is 876. The van der Waals surface area contributed by atoms with Crippen LogP contribution in [0.25, 0.3) is 0 Å². The summed E-state index contributed by atoms with van der Waals surface area (Å²) in [6.07, 6.45) is 2.64. The van der Waals surface area contributed by atoms with Gasteiger partial charge in [0, 0.05) is 30.9 Å². The minimum Gasteiger partial charge on any atom is -0.352 e. The molecule has 3 rings (SSSR count). The van der Waals surface area contributed by atoms with Gasteiger partial charge in [0.25, 0.3) is 5.91 Å². The van der Waals surface area contributed by atoms with Crippen molar-refractivity contribution in [3.63, 3.8) is 0 Å². The molecular weight excluding hydrogens is 369 g/mol. The number of halogens is 1. The number of hydrogen-bond donors (Lipinski definition) is 2. The zero-order valence-corrected chi connectivity index (χ0v) is 17.0. The molecule has 0 unspecified atom stereocenters. The summed E-state index contributed by atoms with van der Waals surface area (Å²) in [6.45, 7) is 5.69. The molecule has 0 aromatic heterocycles. The lowest BCUT2D eigenvalue weighted by molar-refractivity contribution is 0.0955. The highest BCUT2D eigenvalue weighted by atomic mass is 19.1. The third kappa shape index (κ3) is 5.56. The molecule has 0 saturated carbocycles. The van der Waals surface area contributed by atoms with Crippen molar-refractivity contribution in [3.8, 4) is 0 Å². The third-order valence-electron chi connectivity index (χ3n) is 5.38. The van der Waals surface area contributed by atoms with Crippen LogP contribution in [0.15, 0.2) is 42.5 Å². The number of piperidine rings is 1. The van der Waals surface area contributed by atoms with Crippen LogP contribution in [0.5, 0.6) is 0 Å². The number of anilines is 1. The van der Waals surface area contributed by atoms with E-state index in [1.807, 2.05) is 24.8 Å². The van der Waals surface area contributed by atoms with E-state index in [-0.39, 0.29) is 17.8 Å². The van der Waals surface area contributed by atoms with Gasteiger partial charge < -0.3 is 15.5 Å². The molecule has 3 amide bonds.